The molecule has 1 heterocycles. The Labute approximate surface area is 72.6 Å². The van der Waals surface area contributed by atoms with Gasteiger partial charge in [-0.2, -0.15) is 5.26 Å². The van der Waals surface area contributed by atoms with E-state index in [2.05, 4.69) is 0 Å². The summed E-state index contributed by atoms with van der Waals surface area (Å²) in [6.45, 7) is 3.88. The van der Waals surface area contributed by atoms with E-state index >= 15 is 0 Å². The van der Waals surface area contributed by atoms with Gasteiger partial charge >= 0.3 is 0 Å². The van der Waals surface area contributed by atoms with Crippen molar-refractivity contribution in [3.8, 4) is 6.07 Å². The minimum absolute atomic E-state index is 0.332. The first-order valence-corrected chi connectivity index (χ1v) is 3.96. The second kappa shape index (κ2) is 3.16. The van der Waals surface area contributed by atoms with Gasteiger partial charge in [0.05, 0.1) is 0 Å². The lowest BCUT2D eigenvalue weighted by atomic mass is 9.98. The SMILES string of the molecule is CO[C@]1(C)C[C@H](C)C=C(C#N)O1. The first-order valence-electron chi connectivity index (χ1n) is 3.96. The van der Waals surface area contributed by atoms with E-state index in [4.69, 9.17) is 14.7 Å². The van der Waals surface area contributed by atoms with Crippen LogP contribution in [0.4, 0.5) is 0 Å². The minimum atomic E-state index is -0.626. The number of rotatable bonds is 1. The average Bonchev–Trinajstić information content (AvgIpc) is 2.03. The van der Waals surface area contributed by atoms with Crippen LogP contribution in [0.3, 0.4) is 0 Å². The van der Waals surface area contributed by atoms with Gasteiger partial charge in [-0.1, -0.05) is 6.92 Å². The zero-order chi connectivity index (χ0) is 9.19. The molecular weight excluding hydrogens is 154 g/mol. The van der Waals surface area contributed by atoms with Gasteiger partial charge in [-0.3, -0.25) is 0 Å². The molecular formula is C9H13NO2. The lowest BCUT2D eigenvalue weighted by Crippen LogP contribution is -2.35. The minimum Gasteiger partial charge on any atom is -0.453 e. The molecule has 0 aromatic carbocycles. The fourth-order valence-corrected chi connectivity index (χ4v) is 1.40. The topological polar surface area (TPSA) is 42.2 Å². The standard InChI is InChI=1S/C9H13NO2/c1-7-4-8(6-10)12-9(2,5-7)11-3/h4,7H,5H2,1-3H3/t7-,9+/m1/s1. The molecule has 66 valence electrons. The van der Waals surface area contributed by atoms with E-state index in [1.165, 1.54) is 0 Å². The van der Waals surface area contributed by atoms with Crippen molar-refractivity contribution < 1.29 is 9.47 Å². The summed E-state index contributed by atoms with van der Waals surface area (Å²) in [5.74, 6) is 0.0654. The predicted molar refractivity (Wildman–Crippen MR) is 44.0 cm³/mol. The summed E-state index contributed by atoms with van der Waals surface area (Å²) < 4.78 is 10.5. The normalized spacial score (nSPS) is 34.8. The molecule has 0 saturated heterocycles. The summed E-state index contributed by atoms with van der Waals surface area (Å²) in [6.07, 6.45) is 2.61. The van der Waals surface area contributed by atoms with Crippen LogP contribution < -0.4 is 0 Å². The van der Waals surface area contributed by atoms with E-state index in [1.54, 1.807) is 7.11 Å². The third-order valence-electron chi connectivity index (χ3n) is 2.00. The van der Waals surface area contributed by atoms with Crippen molar-refractivity contribution in [2.45, 2.75) is 26.1 Å². The molecule has 0 aliphatic carbocycles. The van der Waals surface area contributed by atoms with Crippen LogP contribution in [0.5, 0.6) is 0 Å². The molecule has 3 nitrogen and oxygen atoms in total. The molecule has 3 heteroatoms. The van der Waals surface area contributed by atoms with Crippen molar-refractivity contribution >= 4 is 0 Å². The Bertz CT molecular complexity index is 241. The molecule has 0 radical (unpaired) electrons. The number of nitrogens with zero attached hydrogens (tertiary/aromatic N) is 1. The second-order valence-electron chi connectivity index (χ2n) is 3.26. The van der Waals surface area contributed by atoms with Crippen LogP contribution in [0.1, 0.15) is 20.3 Å². The zero-order valence-corrected chi connectivity index (χ0v) is 7.63. The predicted octanol–water partition coefficient (Wildman–Crippen LogP) is 1.81. The molecule has 1 aliphatic heterocycles. The van der Waals surface area contributed by atoms with Gasteiger partial charge in [0.15, 0.2) is 5.76 Å². The maximum Gasteiger partial charge on any atom is 0.208 e. The zero-order valence-electron chi connectivity index (χ0n) is 7.63. The smallest absolute Gasteiger partial charge is 0.208 e. The molecule has 0 spiro atoms. The molecule has 12 heavy (non-hydrogen) atoms. The van der Waals surface area contributed by atoms with E-state index in [1.807, 2.05) is 26.0 Å². The average molecular weight is 167 g/mol. The lowest BCUT2D eigenvalue weighted by molar-refractivity contribution is -0.197. The fraction of sp³-hybridized carbons (Fsp3) is 0.667. The van der Waals surface area contributed by atoms with E-state index in [0.717, 1.165) is 6.42 Å². The number of hydrogen-bond acceptors (Lipinski definition) is 3. The third-order valence-corrected chi connectivity index (χ3v) is 2.00. The van der Waals surface area contributed by atoms with Crippen molar-refractivity contribution in [2.75, 3.05) is 7.11 Å². The summed E-state index contributed by atoms with van der Waals surface area (Å²) in [5.41, 5.74) is 0. The quantitative estimate of drug-likeness (QED) is 0.598. The van der Waals surface area contributed by atoms with E-state index in [0.29, 0.717) is 11.7 Å². The van der Waals surface area contributed by atoms with Crippen LogP contribution >= 0.6 is 0 Å². The molecule has 0 saturated carbocycles. The summed E-state index contributed by atoms with van der Waals surface area (Å²) in [7, 11) is 1.59. The fourth-order valence-electron chi connectivity index (χ4n) is 1.40. The molecule has 1 rings (SSSR count). The van der Waals surface area contributed by atoms with Gasteiger partial charge in [-0.15, -0.1) is 0 Å². The highest BCUT2D eigenvalue weighted by Crippen LogP contribution is 2.30. The van der Waals surface area contributed by atoms with Crippen molar-refractivity contribution in [2.24, 2.45) is 5.92 Å². The van der Waals surface area contributed by atoms with Gasteiger partial charge in [0.25, 0.3) is 0 Å². The highest BCUT2D eigenvalue weighted by molar-refractivity contribution is 5.17. The maximum absolute atomic E-state index is 8.64. The van der Waals surface area contributed by atoms with Crippen molar-refractivity contribution in [3.05, 3.63) is 11.8 Å². The summed E-state index contributed by atoms with van der Waals surface area (Å²) in [6, 6.07) is 1.98. The number of nitriles is 1. The van der Waals surface area contributed by atoms with Crippen LogP contribution in [-0.2, 0) is 9.47 Å². The van der Waals surface area contributed by atoms with Crippen LogP contribution in [0.2, 0.25) is 0 Å². The molecule has 0 aromatic rings. The monoisotopic (exact) mass is 167 g/mol. The van der Waals surface area contributed by atoms with Crippen LogP contribution in [0, 0.1) is 17.2 Å². The van der Waals surface area contributed by atoms with E-state index in [9.17, 15) is 0 Å². The Balaban J connectivity index is 2.80. The summed E-state index contributed by atoms with van der Waals surface area (Å²) >= 11 is 0. The lowest BCUT2D eigenvalue weighted by Gasteiger charge is -2.33. The highest BCUT2D eigenvalue weighted by atomic mass is 16.7. The molecule has 2 atom stereocenters. The number of methoxy groups -OCH3 is 1. The number of hydrogen-bond donors (Lipinski definition) is 0. The Morgan fingerprint density at radius 1 is 1.83 bits per heavy atom. The second-order valence-corrected chi connectivity index (χ2v) is 3.26. The Kier molecular flexibility index (Phi) is 2.39. The van der Waals surface area contributed by atoms with Gasteiger partial charge in [0.1, 0.15) is 6.07 Å². The van der Waals surface area contributed by atoms with Crippen molar-refractivity contribution in [3.63, 3.8) is 0 Å². The maximum atomic E-state index is 8.64. The van der Waals surface area contributed by atoms with Gasteiger partial charge in [-0.25, -0.2) is 0 Å². The Morgan fingerprint density at radius 2 is 2.50 bits per heavy atom. The van der Waals surface area contributed by atoms with E-state index in [-0.39, 0.29) is 0 Å². The molecule has 1 aliphatic rings. The molecule has 0 fully saturated rings. The summed E-state index contributed by atoms with van der Waals surface area (Å²) in [5, 5.41) is 8.64. The molecule has 0 unspecified atom stereocenters. The first kappa shape index (κ1) is 9.08. The molecule has 0 aromatic heterocycles. The summed E-state index contributed by atoms with van der Waals surface area (Å²) in [4.78, 5) is 0. The number of ether oxygens (including phenoxy) is 2. The van der Waals surface area contributed by atoms with Gasteiger partial charge < -0.3 is 9.47 Å². The van der Waals surface area contributed by atoms with Gasteiger partial charge in [0.2, 0.25) is 5.79 Å². The number of allylic oxidation sites excluding steroid dienone is 2. The molecule has 0 N–H and O–H groups in total. The first-order chi connectivity index (χ1) is 5.59. The molecule has 0 bridgehead atoms. The van der Waals surface area contributed by atoms with Gasteiger partial charge in [-0.05, 0) is 12.0 Å². The highest BCUT2D eigenvalue weighted by Gasteiger charge is 2.32. The Hall–Kier alpha value is -1.01. The van der Waals surface area contributed by atoms with Crippen molar-refractivity contribution in [1.29, 1.82) is 5.26 Å². The Morgan fingerprint density at radius 3 is 3.00 bits per heavy atom. The third kappa shape index (κ3) is 1.77. The largest absolute Gasteiger partial charge is 0.453 e. The van der Waals surface area contributed by atoms with E-state index < -0.39 is 5.79 Å². The molecule has 0 amide bonds. The van der Waals surface area contributed by atoms with Crippen LogP contribution in [-0.4, -0.2) is 12.9 Å². The van der Waals surface area contributed by atoms with Crippen molar-refractivity contribution in [1.82, 2.24) is 0 Å². The van der Waals surface area contributed by atoms with Gasteiger partial charge in [0, 0.05) is 20.5 Å². The van der Waals surface area contributed by atoms with Crippen LogP contribution in [0.15, 0.2) is 11.8 Å². The van der Waals surface area contributed by atoms with Crippen LogP contribution in [0.25, 0.3) is 0 Å².